The van der Waals surface area contributed by atoms with E-state index in [1.54, 1.807) is 0 Å². The van der Waals surface area contributed by atoms with Crippen LogP contribution in [0.1, 0.15) is 71.1 Å². The molecule has 1 aromatic carbocycles. The zero-order valence-corrected chi connectivity index (χ0v) is 31.8. The van der Waals surface area contributed by atoms with Crippen molar-refractivity contribution >= 4 is 23.7 Å². The summed E-state index contributed by atoms with van der Waals surface area (Å²) in [6.07, 6.45) is 3.66. The Morgan fingerprint density at radius 1 is 0.614 bits per heavy atom. The highest BCUT2D eigenvalue weighted by Gasteiger charge is 2.29. The van der Waals surface area contributed by atoms with Gasteiger partial charge in [0, 0.05) is 35.9 Å². The van der Waals surface area contributed by atoms with Gasteiger partial charge in [-0.1, -0.05) is 36.4 Å². The van der Waals surface area contributed by atoms with Crippen molar-refractivity contribution in [3.63, 3.8) is 0 Å². The Hall–Kier alpha value is -4.79. The number of hydrogen-bond donors (Lipinski definition) is 3. The Labute approximate surface area is 326 Å². The standard InChI is InChI=1S/C34H50F5N9O9/c1-2-3-10-25(49)45-24(9-5-7-13-44-48-41)34(52)46-23(8-4-6-12-43-47-40)33(51)42-14-16-54-18-20-56-22-21-55-19-17-53-15-11-26(50)57-32-30(38)28(36)27(35)29(37)31(32)39/h23-24H,2-22H2,1H3,(H,42,51)(H,45,49)(H,46,52)/t23-,24-/m0/s1. The number of halogens is 5. The van der Waals surface area contributed by atoms with Crippen LogP contribution in [0, 0.1) is 29.1 Å². The Bertz CT molecular complexity index is 1470. The molecule has 0 heterocycles. The molecule has 0 bridgehead atoms. The summed E-state index contributed by atoms with van der Waals surface area (Å²) >= 11 is 0. The summed E-state index contributed by atoms with van der Waals surface area (Å²) in [5, 5.41) is 15.2. The minimum atomic E-state index is -2.37. The van der Waals surface area contributed by atoms with Gasteiger partial charge in [0.05, 0.1) is 59.3 Å². The molecular formula is C34H50F5N9O9. The van der Waals surface area contributed by atoms with E-state index in [0.717, 1.165) is 6.42 Å². The minimum absolute atomic E-state index is 0.0151. The first kappa shape index (κ1) is 50.2. The van der Waals surface area contributed by atoms with Gasteiger partial charge < -0.3 is 39.6 Å². The van der Waals surface area contributed by atoms with Crippen molar-refractivity contribution in [1.82, 2.24) is 16.0 Å². The van der Waals surface area contributed by atoms with Crippen LogP contribution in [0.5, 0.6) is 5.75 Å². The smallest absolute Gasteiger partial charge is 0.313 e. The topological polar surface area (TPSA) is 248 Å². The molecule has 23 heteroatoms. The largest absolute Gasteiger partial charge is 0.420 e. The van der Waals surface area contributed by atoms with Crippen LogP contribution in [0.2, 0.25) is 0 Å². The van der Waals surface area contributed by atoms with E-state index in [0.29, 0.717) is 32.1 Å². The van der Waals surface area contributed by atoms with E-state index >= 15 is 0 Å². The van der Waals surface area contributed by atoms with Gasteiger partial charge in [-0.25, -0.2) is 13.2 Å². The first-order chi connectivity index (χ1) is 27.5. The molecule has 3 amide bonds. The SMILES string of the molecule is CCCCC(=O)N[C@@H](CCCCN=[N+]=[N-])C(=O)N[C@@H](CCCCN=[N+]=[N-])C(=O)NCCOCCOCCOCCOCCC(=O)Oc1c(F)c(F)c(F)c(F)c1F. The van der Waals surface area contributed by atoms with Crippen molar-refractivity contribution in [2.24, 2.45) is 10.2 Å². The number of amides is 3. The number of unbranched alkanes of at least 4 members (excludes halogenated alkanes) is 3. The summed E-state index contributed by atoms with van der Waals surface area (Å²) in [6.45, 7) is 3.27. The first-order valence-electron chi connectivity index (χ1n) is 18.4. The zero-order chi connectivity index (χ0) is 42.3. The number of nitrogens with zero attached hydrogens (tertiary/aromatic N) is 6. The van der Waals surface area contributed by atoms with E-state index < -0.39 is 71.1 Å². The molecule has 0 aliphatic rings. The Balaban J connectivity index is 2.34. The lowest BCUT2D eigenvalue weighted by atomic mass is 10.0. The maximum atomic E-state index is 13.6. The average molecular weight is 824 g/mol. The predicted molar refractivity (Wildman–Crippen MR) is 192 cm³/mol. The third kappa shape index (κ3) is 21.9. The molecular weight excluding hydrogens is 773 g/mol. The van der Waals surface area contributed by atoms with Gasteiger partial charge in [-0.05, 0) is 43.2 Å². The number of azide groups is 2. The van der Waals surface area contributed by atoms with Gasteiger partial charge >= 0.3 is 5.97 Å². The molecule has 0 fully saturated rings. The maximum Gasteiger partial charge on any atom is 0.313 e. The number of ether oxygens (including phenoxy) is 5. The molecule has 0 aliphatic heterocycles. The molecule has 57 heavy (non-hydrogen) atoms. The summed E-state index contributed by atoms with van der Waals surface area (Å²) in [4.78, 5) is 55.9. The molecule has 0 aromatic heterocycles. The molecule has 0 spiro atoms. The van der Waals surface area contributed by atoms with Gasteiger partial charge in [0.15, 0.2) is 0 Å². The predicted octanol–water partition coefficient (Wildman–Crippen LogP) is 4.98. The van der Waals surface area contributed by atoms with Crippen LogP contribution in [-0.2, 0) is 38.1 Å². The highest BCUT2D eigenvalue weighted by molar-refractivity contribution is 5.92. The number of nitrogens with one attached hydrogen (secondary N) is 3. The van der Waals surface area contributed by atoms with Gasteiger partial charge in [-0.15, -0.1) is 0 Å². The van der Waals surface area contributed by atoms with Crippen LogP contribution < -0.4 is 20.7 Å². The second kappa shape index (κ2) is 31.3. The van der Waals surface area contributed by atoms with Crippen LogP contribution in [-0.4, -0.2) is 108 Å². The normalized spacial score (nSPS) is 11.8. The number of rotatable bonds is 33. The Morgan fingerprint density at radius 3 is 1.60 bits per heavy atom. The van der Waals surface area contributed by atoms with Gasteiger partial charge in [0.2, 0.25) is 52.6 Å². The van der Waals surface area contributed by atoms with Gasteiger partial charge in [-0.2, -0.15) is 8.78 Å². The highest BCUT2D eigenvalue weighted by atomic mass is 19.2. The summed E-state index contributed by atoms with van der Waals surface area (Å²) in [5.41, 5.74) is 17.0. The quantitative estimate of drug-likeness (QED) is 0.00994. The van der Waals surface area contributed by atoms with Gasteiger partial charge in [-0.3, -0.25) is 19.2 Å². The molecule has 0 saturated heterocycles. The van der Waals surface area contributed by atoms with Crippen molar-refractivity contribution in [3.05, 3.63) is 50.0 Å². The van der Waals surface area contributed by atoms with Crippen molar-refractivity contribution in [1.29, 1.82) is 0 Å². The average Bonchev–Trinajstić information content (AvgIpc) is 3.20. The molecule has 320 valence electrons. The number of esters is 1. The van der Waals surface area contributed by atoms with E-state index in [-0.39, 0.29) is 97.7 Å². The van der Waals surface area contributed by atoms with Crippen molar-refractivity contribution in [2.75, 3.05) is 72.5 Å². The van der Waals surface area contributed by atoms with E-state index in [9.17, 15) is 41.1 Å². The molecule has 0 unspecified atom stereocenters. The molecule has 18 nitrogen and oxygen atoms in total. The molecule has 0 saturated carbocycles. The molecule has 0 aliphatic carbocycles. The zero-order valence-electron chi connectivity index (χ0n) is 31.8. The van der Waals surface area contributed by atoms with Crippen molar-refractivity contribution in [3.8, 4) is 5.75 Å². The fourth-order valence-electron chi connectivity index (χ4n) is 4.69. The van der Waals surface area contributed by atoms with Crippen LogP contribution in [0.25, 0.3) is 20.9 Å². The first-order valence-corrected chi connectivity index (χ1v) is 18.4. The van der Waals surface area contributed by atoms with E-state index in [1.165, 1.54) is 0 Å². The Kier molecular flexibility index (Phi) is 27.6. The van der Waals surface area contributed by atoms with E-state index in [2.05, 4.69) is 40.7 Å². The lowest BCUT2D eigenvalue weighted by Gasteiger charge is -2.23. The van der Waals surface area contributed by atoms with E-state index in [1.807, 2.05) is 6.92 Å². The lowest BCUT2D eigenvalue weighted by molar-refractivity contribution is -0.136. The summed E-state index contributed by atoms with van der Waals surface area (Å²) in [7, 11) is 0. The van der Waals surface area contributed by atoms with Crippen LogP contribution >= 0.6 is 0 Å². The van der Waals surface area contributed by atoms with Crippen LogP contribution in [0.4, 0.5) is 22.0 Å². The molecule has 3 N–H and O–H groups in total. The fourth-order valence-corrected chi connectivity index (χ4v) is 4.69. The van der Waals surface area contributed by atoms with Crippen LogP contribution in [0.3, 0.4) is 0 Å². The molecule has 1 aromatic rings. The summed E-state index contributed by atoms with van der Waals surface area (Å²) in [6, 6.07) is -1.83. The minimum Gasteiger partial charge on any atom is -0.420 e. The summed E-state index contributed by atoms with van der Waals surface area (Å²) in [5.74, 6) is -15.6. The molecule has 0 radical (unpaired) electrons. The third-order valence-electron chi connectivity index (χ3n) is 7.67. The maximum absolute atomic E-state index is 13.6. The third-order valence-corrected chi connectivity index (χ3v) is 7.67. The number of benzene rings is 1. The number of hydrogen-bond acceptors (Lipinski definition) is 11. The van der Waals surface area contributed by atoms with Crippen LogP contribution in [0.15, 0.2) is 10.2 Å². The summed E-state index contributed by atoms with van der Waals surface area (Å²) < 4.78 is 92.3. The van der Waals surface area contributed by atoms with Gasteiger partial charge in [0.1, 0.15) is 12.1 Å². The van der Waals surface area contributed by atoms with Crippen molar-refractivity contribution < 1.29 is 64.8 Å². The highest BCUT2D eigenvalue weighted by Crippen LogP contribution is 2.29. The second-order valence-electron chi connectivity index (χ2n) is 12.0. The molecule has 2 atom stereocenters. The molecule has 1 rings (SSSR count). The number of carbonyl (C=O) groups excluding carboxylic acids is 4. The van der Waals surface area contributed by atoms with Gasteiger partial charge in [0.25, 0.3) is 0 Å². The Morgan fingerprint density at radius 2 is 1.09 bits per heavy atom. The lowest BCUT2D eigenvalue weighted by Crippen LogP contribution is -2.54. The fraction of sp³-hybridized carbons (Fsp3) is 0.706. The second-order valence-corrected chi connectivity index (χ2v) is 12.0. The van der Waals surface area contributed by atoms with Crippen molar-refractivity contribution in [2.45, 2.75) is 83.2 Å². The number of carbonyl (C=O) groups is 4. The monoisotopic (exact) mass is 823 g/mol. The van der Waals surface area contributed by atoms with E-state index in [4.69, 9.17) is 30.0 Å².